The molecule has 1 rings (SSSR count). The first-order chi connectivity index (χ1) is 5.72. The van der Waals surface area contributed by atoms with E-state index in [0.29, 0.717) is 6.04 Å². The Hall–Kier alpha value is -0.0800. The van der Waals surface area contributed by atoms with Crippen molar-refractivity contribution in [3.63, 3.8) is 0 Å². The summed E-state index contributed by atoms with van der Waals surface area (Å²) in [6.45, 7) is 1.17. The molecular weight excluding hydrogens is 148 g/mol. The van der Waals surface area contributed by atoms with Crippen LogP contribution in [0, 0.1) is 5.92 Å². The minimum atomic E-state index is 0.695. The van der Waals surface area contributed by atoms with E-state index in [2.05, 4.69) is 31.4 Å². The van der Waals surface area contributed by atoms with Crippen molar-refractivity contribution in [2.24, 2.45) is 5.92 Å². The number of hydrogen-bond acceptors (Lipinski definition) is 2. The summed E-state index contributed by atoms with van der Waals surface area (Å²) < 4.78 is 0. The predicted octanol–water partition coefficient (Wildman–Crippen LogP) is 1.33. The van der Waals surface area contributed by atoms with Gasteiger partial charge in [-0.3, -0.25) is 0 Å². The summed E-state index contributed by atoms with van der Waals surface area (Å²) in [4.78, 5) is 2.26. The van der Waals surface area contributed by atoms with Gasteiger partial charge in [0.25, 0.3) is 0 Å². The molecule has 0 aromatic rings. The molecule has 0 aliphatic heterocycles. The maximum Gasteiger partial charge on any atom is 0.0191 e. The van der Waals surface area contributed by atoms with Crippen molar-refractivity contribution in [1.82, 2.24) is 10.2 Å². The lowest BCUT2D eigenvalue weighted by Crippen LogP contribution is -2.35. The van der Waals surface area contributed by atoms with Gasteiger partial charge in [-0.1, -0.05) is 12.8 Å². The zero-order chi connectivity index (χ0) is 8.97. The van der Waals surface area contributed by atoms with Gasteiger partial charge in [0.05, 0.1) is 0 Å². The summed E-state index contributed by atoms with van der Waals surface area (Å²) in [5.74, 6) is 1.07. The third kappa shape index (κ3) is 4.07. The molecular formula is C10H22N2. The van der Waals surface area contributed by atoms with E-state index in [1.165, 1.54) is 32.2 Å². The summed E-state index contributed by atoms with van der Waals surface area (Å²) in [5.41, 5.74) is 0. The highest BCUT2D eigenvalue weighted by Gasteiger charge is 2.22. The first-order valence-corrected chi connectivity index (χ1v) is 5.04. The van der Waals surface area contributed by atoms with Crippen molar-refractivity contribution in [1.29, 1.82) is 0 Å². The topological polar surface area (TPSA) is 15.3 Å². The molecule has 0 aromatic heterocycles. The normalized spacial score (nSPS) is 20.0. The van der Waals surface area contributed by atoms with Crippen molar-refractivity contribution in [3.8, 4) is 0 Å². The molecule has 0 aromatic carbocycles. The molecule has 1 atom stereocenters. The molecule has 0 bridgehead atoms. The van der Waals surface area contributed by atoms with E-state index in [4.69, 9.17) is 0 Å². The molecule has 0 saturated heterocycles. The van der Waals surface area contributed by atoms with E-state index in [-0.39, 0.29) is 0 Å². The molecule has 1 aliphatic rings. The predicted molar refractivity (Wildman–Crippen MR) is 53.4 cm³/mol. The highest BCUT2D eigenvalue weighted by atomic mass is 15.1. The minimum Gasteiger partial charge on any atom is -0.316 e. The molecule has 1 saturated carbocycles. The van der Waals surface area contributed by atoms with Crippen LogP contribution in [0.2, 0.25) is 0 Å². The monoisotopic (exact) mass is 170 g/mol. The van der Waals surface area contributed by atoms with E-state index in [0.717, 1.165) is 5.92 Å². The van der Waals surface area contributed by atoms with Crippen LogP contribution in [0.1, 0.15) is 25.7 Å². The second kappa shape index (κ2) is 4.83. The van der Waals surface area contributed by atoms with Gasteiger partial charge in [-0.25, -0.2) is 0 Å². The Bertz CT molecular complexity index is 119. The molecule has 0 amide bonds. The fraction of sp³-hybridized carbons (Fsp3) is 1.00. The minimum absolute atomic E-state index is 0.695. The van der Waals surface area contributed by atoms with E-state index in [1.54, 1.807) is 0 Å². The van der Waals surface area contributed by atoms with E-state index < -0.39 is 0 Å². The highest BCUT2D eigenvalue weighted by Crippen LogP contribution is 2.33. The molecule has 1 N–H and O–H groups in total. The SMILES string of the molecule is CNC(CCC1CC1)CN(C)C. The Morgan fingerprint density at radius 3 is 2.50 bits per heavy atom. The van der Waals surface area contributed by atoms with Gasteiger partial charge in [0.2, 0.25) is 0 Å². The lowest BCUT2D eigenvalue weighted by Gasteiger charge is -2.20. The Morgan fingerprint density at radius 2 is 2.08 bits per heavy atom. The van der Waals surface area contributed by atoms with Gasteiger partial charge in [0.1, 0.15) is 0 Å². The number of nitrogens with one attached hydrogen (secondary N) is 1. The van der Waals surface area contributed by atoms with Crippen molar-refractivity contribution in [3.05, 3.63) is 0 Å². The third-order valence-electron chi connectivity index (χ3n) is 2.61. The molecule has 0 spiro atoms. The van der Waals surface area contributed by atoms with Crippen LogP contribution in [0.15, 0.2) is 0 Å². The lowest BCUT2D eigenvalue weighted by atomic mass is 10.1. The van der Waals surface area contributed by atoms with Crippen molar-refractivity contribution in [2.75, 3.05) is 27.7 Å². The molecule has 72 valence electrons. The van der Waals surface area contributed by atoms with Crippen molar-refractivity contribution < 1.29 is 0 Å². The standard InChI is InChI=1S/C10H22N2/c1-11-10(8-12(2)3)7-6-9-4-5-9/h9-11H,4-8H2,1-3H3. The van der Waals surface area contributed by atoms with Gasteiger partial charge < -0.3 is 10.2 Å². The second-order valence-corrected chi connectivity index (χ2v) is 4.27. The number of nitrogens with zero attached hydrogens (tertiary/aromatic N) is 1. The number of hydrogen-bond donors (Lipinski definition) is 1. The van der Waals surface area contributed by atoms with Crippen LogP contribution < -0.4 is 5.32 Å². The quantitative estimate of drug-likeness (QED) is 0.647. The fourth-order valence-corrected chi connectivity index (χ4v) is 1.61. The summed E-state index contributed by atoms with van der Waals surface area (Å²) in [5, 5.41) is 3.37. The van der Waals surface area contributed by atoms with Crippen LogP contribution >= 0.6 is 0 Å². The van der Waals surface area contributed by atoms with Crippen LogP contribution in [-0.4, -0.2) is 38.6 Å². The maximum absolute atomic E-state index is 3.37. The van der Waals surface area contributed by atoms with E-state index in [1.807, 2.05) is 0 Å². The Labute approximate surface area is 76.3 Å². The Balaban J connectivity index is 2.06. The highest BCUT2D eigenvalue weighted by molar-refractivity contribution is 4.77. The Kier molecular flexibility index (Phi) is 4.02. The van der Waals surface area contributed by atoms with Gasteiger partial charge in [-0.2, -0.15) is 0 Å². The summed E-state index contributed by atoms with van der Waals surface area (Å²) >= 11 is 0. The van der Waals surface area contributed by atoms with Gasteiger partial charge in [-0.15, -0.1) is 0 Å². The molecule has 2 heteroatoms. The van der Waals surface area contributed by atoms with Gasteiger partial charge in [0, 0.05) is 12.6 Å². The molecule has 0 heterocycles. The average Bonchev–Trinajstić information content (AvgIpc) is 2.80. The number of rotatable bonds is 6. The second-order valence-electron chi connectivity index (χ2n) is 4.27. The van der Waals surface area contributed by atoms with Gasteiger partial charge >= 0.3 is 0 Å². The van der Waals surface area contributed by atoms with Crippen LogP contribution in [0.3, 0.4) is 0 Å². The molecule has 1 unspecified atom stereocenters. The average molecular weight is 170 g/mol. The van der Waals surface area contributed by atoms with E-state index >= 15 is 0 Å². The summed E-state index contributed by atoms with van der Waals surface area (Å²) in [7, 11) is 6.35. The van der Waals surface area contributed by atoms with Gasteiger partial charge in [0.15, 0.2) is 0 Å². The molecule has 1 fully saturated rings. The van der Waals surface area contributed by atoms with Crippen LogP contribution in [0.4, 0.5) is 0 Å². The Morgan fingerprint density at radius 1 is 1.42 bits per heavy atom. The maximum atomic E-state index is 3.37. The van der Waals surface area contributed by atoms with Gasteiger partial charge in [-0.05, 0) is 39.9 Å². The number of likely N-dealkylation sites (N-methyl/N-ethyl adjacent to an activating group) is 2. The lowest BCUT2D eigenvalue weighted by molar-refractivity contribution is 0.330. The summed E-state index contributed by atoms with van der Waals surface area (Å²) in [6.07, 6.45) is 5.75. The molecule has 0 radical (unpaired) electrons. The zero-order valence-corrected chi connectivity index (χ0v) is 8.64. The molecule has 12 heavy (non-hydrogen) atoms. The van der Waals surface area contributed by atoms with Crippen LogP contribution in [-0.2, 0) is 0 Å². The fourth-order valence-electron chi connectivity index (χ4n) is 1.61. The third-order valence-corrected chi connectivity index (χ3v) is 2.61. The van der Waals surface area contributed by atoms with E-state index in [9.17, 15) is 0 Å². The zero-order valence-electron chi connectivity index (χ0n) is 8.64. The first kappa shape index (κ1) is 10.0. The molecule has 2 nitrogen and oxygen atoms in total. The largest absolute Gasteiger partial charge is 0.316 e. The first-order valence-electron chi connectivity index (χ1n) is 5.04. The van der Waals surface area contributed by atoms with Crippen LogP contribution in [0.5, 0.6) is 0 Å². The van der Waals surface area contributed by atoms with Crippen molar-refractivity contribution in [2.45, 2.75) is 31.7 Å². The van der Waals surface area contributed by atoms with Crippen molar-refractivity contribution >= 4 is 0 Å². The smallest absolute Gasteiger partial charge is 0.0191 e. The summed E-state index contributed by atoms with van der Waals surface area (Å²) in [6, 6.07) is 0.695. The van der Waals surface area contributed by atoms with Crippen LogP contribution in [0.25, 0.3) is 0 Å². The molecule has 1 aliphatic carbocycles.